The predicted octanol–water partition coefficient (Wildman–Crippen LogP) is 3.40. The molecule has 74 valence electrons. The zero-order chi connectivity index (χ0) is 9.68. The van der Waals surface area contributed by atoms with Crippen molar-refractivity contribution in [2.75, 3.05) is 0 Å². The van der Waals surface area contributed by atoms with Gasteiger partial charge in [-0.15, -0.1) is 0 Å². The average Bonchev–Trinajstić information content (AvgIpc) is 2.77. The van der Waals surface area contributed by atoms with Crippen LogP contribution in [0.15, 0.2) is 6.07 Å². The van der Waals surface area contributed by atoms with Gasteiger partial charge in [-0.05, 0) is 25.8 Å². The van der Waals surface area contributed by atoms with Gasteiger partial charge in [-0.1, -0.05) is 26.7 Å². The fourth-order valence-electron chi connectivity index (χ4n) is 1.87. The van der Waals surface area contributed by atoms with E-state index in [4.69, 9.17) is 0 Å². The van der Waals surface area contributed by atoms with Crippen molar-refractivity contribution >= 4 is 0 Å². The van der Waals surface area contributed by atoms with Crippen LogP contribution in [-0.4, -0.2) is 10.2 Å². The third-order valence-corrected chi connectivity index (χ3v) is 2.50. The smallest absolute Gasteiger partial charge is 0.0655 e. The van der Waals surface area contributed by atoms with Crippen LogP contribution in [0.5, 0.6) is 0 Å². The summed E-state index contributed by atoms with van der Waals surface area (Å²) in [5, 5.41) is 7.27. The lowest BCUT2D eigenvalue weighted by atomic mass is 10.0. The van der Waals surface area contributed by atoms with Gasteiger partial charge in [0.2, 0.25) is 0 Å². The molecule has 2 heteroatoms. The SMILES string of the molecule is CC.Cc1cc(C2CCCC2)n[nH]1. The van der Waals surface area contributed by atoms with E-state index < -0.39 is 0 Å². The summed E-state index contributed by atoms with van der Waals surface area (Å²) in [6.45, 7) is 6.06. The first-order valence-corrected chi connectivity index (χ1v) is 5.38. The molecule has 13 heavy (non-hydrogen) atoms. The van der Waals surface area contributed by atoms with E-state index in [0.29, 0.717) is 0 Å². The Bertz CT molecular complexity index is 234. The number of aryl methyl sites for hydroxylation is 1. The highest BCUT2D eigenvalue weighted by molar-refractivity contribution is 5.12. The van der Waals surface area contributed by atoms with Gasteiger partial charge >= 0.3 is 0 Å². The fraction of sp³-hybridized carbons (Fsp3) is 0.727. The molecule has 1 aromatic heterocycles. The summed E-state index contributed by atoms with van der Waals surface area (Å²) in [5.41, 5.74) is 2.46. The molecule has 1 aromatic rings. The topological polar surface area (TPSA) is 28.7 Å². The minimum Gasteiger partial charge on any atom is -0.283 e. The Morgan fingerprint density at radius 1 is 1.31 bits per heavy atom. The van der Waals surface area contributed by atoms with Gasteiger partial charge in [0, 0.05) is 11.6 Å². The lowest BCUT2D eigenvalue weighted by Gasteiger charge is -2.01. The second-order valence-corrected chi connectivity index (χ2v) is 3.46. The molecular weight excluding hydrogens is 160 g/mol. The van der Waals surface area contributed by atoms with Crippen LogP contribution >= 0.6 is 0 Å². The van der Waals surface area contributed by atoms with E-state index in [2.05, 4.69) is 23.2 Å². The van der Waals surface area contributed by atoms with E-state index in [-0.39, 0.29) is 0 Å². The molecule has 0 amide bonds. The third kappa shape index (κ3) is 2.58. The van der Waals surface area contributed by atoms with E-state index >= 15 is 0 Å². The van der Waals surface area contributed by atoms with Crippen LogP contribution in [0.2, 0.25) is 0 Å². The first kappa shape index (κ1) is 10.3. The van der Waals surface area contributed by atoms with Crippen LogP contribution in [0, 0.1) is 6.92 Å². The van der Waals surface area contributed by atoms with E-state index in [1.807, 2.05) is 13.8 Å². The van der Waals surface area contributed by atoms with Gasteiger partial charge < -0.3 is 0 Å². The minimum absolute atomic E-state index is 0.750. The van der Waals surface area contributed by atoms with Crippen LogP contribution in [0.4, 0.5) is 0 Å². The molecule has 0 atom stereocenters. The molecule has 0 bridgehead atoms. The van der Waals surface area contributed by atoms with Crippen LogP contribution < -0.4 is 0 Å². The van der Waals surface area contributed by atoms with Crippen molar-refractivity contribution in [1.82, 2.24) is 10.2 Å². The number of hydrogen-bond donors (Lipinski definition) is 1. The predicted molar refractivity (Wildman–Crippen MR) is 55.9 cm³/mol. The molecule has 0 unspecified atom stereocenters. The Labute approximate surface area is 80.7 Å². The first-order valence-electron chi connectivity index (χ1n) is 5.38. The summed E-state index contributed by atoms with van der Waals surface area (Å²) < 4.78 is 0. The number of aromatic nitrogens is 2. The summed E-state index contributed by atoms with van der Waals surface area (Å²) in [6.07, 6.45) is 5.45. The van der Waals surface area contributed by atoms with E-state index in [1.165, 1.54) is 37.1 Å². The molecule has 0 aliphatic heterocycles. The molecule has 1 N–H and O–H groups in total. The molecule has 1 fully saturated rings. The second kappa shape index (κ2) is 5.05. The van der Waals surface area contributed by atoms with Crippen LogP contribution in [-0.2, 0) is 0 Å². The van der Waals surface area contributed by atoms with Gasteiger partial charge in [0.15, 0.2) is 0 Å². The molecule has 2 nitrogen and oxygen atoms in total. The molecule has 1 aliphatic rings. The number of nitrogens with zero attached hydrogens (tertiary/aromatic N) is 1. The second-order valence-electron chi connectivity index (χ2n) is 3.46. The number of rotatable bonds is 1. The zero-order valence-corrected chi connectivity index (χ0v) is 8.93. The molecule has 0 radical (unpaired) electrons. The van der Waals surface area contributed by atoms with Gasteiger partial charge in [-0.3, -0.25) is 5.10 Å². The van der Waals surface area contributed by atoms with E-state index in [9.17, 15) is 0 Å². The molecule has 0 spiro atoms. The summed E-state index contributed by atoms with van der Waals surface area (Å²) in [5.74, 6) is 0.750. The molecule has 1 saturated carbocycles. The maximum absolute atomic E-state index is 4.27. The third-order valence-electron chi connectivity index (χ3n) is 2.50. The number of hydrogen-bond acceptors (Lipinski definition) is 1. The zero-order valence-electron chi connectivity index (χ0n) is 8.93. The van der Waals surface area contributed by atoms with Crippen LogP contribution in [0.1, 0.15) is 56.8 Å². The Morgan fingerprint density at radius 2 is 1.92 bits per heavy atom. The van der Waals surface area contributed by atoms with Gasteiger partial charge in [0.1, 0.15) is 0 Å². The highest BCUT2D eigenvalue weighted by Gasteiger charge is 2.18. The van der Waals surface area contributed by atoms with Crippen molar-refractivity contribution in [3.63, 3.8) is 0 Å². The molecule has 0 aromatic carbocycles. The maximum Gasteiger partial charge on any atom is 0.0655 e. The Kier molecular flexibility index (Phi) is 4.00. The molecule has 1 aliphatic carbocycles. The van der Waals surface area contributed by atoms with Crippen molar-refractivity contribution in [3.8, 4) is 0 Å². The lowest BCUT2D eigenvalue weighted by molar-refractivity contribution is 0.693. The quantitative estimate of drug-likeness (QED) is 0.705. The van der Waals surface area contributed by atoms with Crippen LogP contribution in [0.3, 0.4) is 0 Å². The standard InChI is InChI=1S/C9H14N2.C2H6/c1-7-6-9(11-10-7)8-4-2-3-5-8;1-2/h6,8H,2-5H2,1H3,(H,10,11);1-2H3. The fourth-order valence-corrected chi connectivity index (χ4v) is 1.87. The van der Waals surface area contributed by atoms with Crippen molar-refractivity contribution in [1.29, 1.82) is 0 Å². The summed E-state index contributed by atoms with van der Waals surface area (Å²) in [7, 11) is 0. The number of H-pyrrole nitrogens is 1. The van der Waals surface area contributed by atoms with Gasteiger partial charge in [-0.25, -0.2) is 0 Å². The maximum atomic E-state index is 4.27. The summed E-state index contributed by atoms with van der Waals surface area (Å²) in [4.78, 5) is 0. The van der Waals surface area contributed by atoms with Gasteiger partial charge in [0.05, 0.1) is 5.69 Å². The molecule has 2 rings (SSSR count). The van der Waals surface area contributed by atoms with Gasteiger partial charge in [0.25, 0.3) is 0 Å². The lowest BCUT2D eigenvalue weighted by Crippen LogP contribution is -1.91. The Morgan fingerprint density at radius 3 is 2.38 bits per heavy atom. The Hall–Kier alpha value is -0.790. The molecule has 1 heterocycles. The normalized spacial score (nSPS) is 16.8. The highest BCUT2D eigenvalue weighted by atomic mass is 15.1. The largest absolute Gasteiger partial charge is 0.283 e. The highest BCUT2D eigenvalue weighted by Crippen LogP contribution is 2.32. The number of aromatic amines is 1. The van der Waals surface area contributed by atoms with Crippen molar-refractivity contribution in [2.45, 2.75) is 52.4 Å². The first-order chi connectivity index (χ1) is 6.36. The van der Waals surface area contributed by atoms with E-state index in [0.717, 1.165) is 5.92 Å². The van der Waals surface area contributed by atoms with Gasteiger partial charge in [-0.2, -0.15) is 5.10 Å². The van der Waals surface area contributed by atoms with Crippen molar-refractivity contribution in [2.24, 2.45) is 0 Å². The van der Waals surface area contributed by atoms with Crippen LogP contribution in [0.25, 0.3) is 0 Å². The molecular formula is C11H20N2. The van der Waals surface area contributed by atoms with Crippen molar-refractivity contribution in [3.05, 3.63) is 17.5 Å². The minimum atomic E-state index is 0.750. The summed E-state index contributed by atoms with van der Waals surface area (Å²) >= 11 is 0. The van der Waals surface area contributed by atoms with Crippen molar-refractivity contribution < 1.29 is 0 Å². The Balaban J connectivity index is 0.000000396. The number of nitrogens with one attached hydrogen (secondary N) is 1. The molecule has 0 saturated heterocycles. The monoisotopic (exact) mass is 180 g/mol. The summed E-state index contributed by atoms with van der Waals surface area (Å²) in [6, 6.07) is 2.18. The van der Waals surface area contributed by atoms with E-state index in [1.54, 1.807) is 0 Å². The average molecular weight is 180 g/mol.